The maximum absolute atomic E-state index is 12.0. The van der Waals surface area contributed by atoms with Crippen molar-refractivity contribution in [2.75, 3.05) is 25.0 Å². The number of rotatable bonds is 5. The van der Waals surface area contributed by atoms with Gasteiger partial charge in [0.25, 0.3) is 0 Å². The van der Waals surface area contributed by atoms with Crippen LogP contribution in [0.15, 0.2) is 18.2 Å². The summed E-state index contributed by atoms with van der Waals surface area (Å²) in [5.41, 5.74) is 9.23. The smallest absolute Gasteiger partial charge is 0.231 e. The lowest BCUT2D eigenvalue weighted by atomic mass is 10.1. The van der Waals surface area contributed by atoms with Gasteiger partial charge in [-0.2, -0.15) is 0 Å². The van der Waals surface area contributed by atoms with Gasteiger partial charge in [0.05, 0.1) is 6.42 Å². The Bertz CT molecular complexity index is 443. The summed E-state index contributed by atoms with van der Waals surface area (Å²) in [5.74, 6) is 0.160. The number of hydrogen-bond donors (Lipinski definition) is 2. The molecule has 0 spiro atoms. The Morgan fingerprint density at radius 1 is 1.50 bits per heavy atom. The summed E-state index contributed by atoms with van der Waals surface area (Å²) in [6.45, 7) is 3.48. The van der Waals surface area contributed by atoms with Crippen molar-refractivity contribution in [3.63, 3.8) is 0 Å². The van der Waals surface area contributed by atoms with Crippen molar-refractivity contribution in [1.29, 1.82) is 0 Å². The van der Waals surface area contributed by atoms with Crippen molar-refractivity contribution in [2.45, 2.75) is 25.8 Å². The number of fused-ring (bicyclic) bond motifs is 1. The number of benzene rings is 1. The van der Waals surface area contributed by atoms with Crippen molar-refractivity contribution >= 4 is 11.6 Å². The molecule has 1 atom stereocenters. The molecule has 1 aromatic carbocycles. The van der Waals surface area contributed by atoms with Crippen LogP contribution in [0.5, 0.6) is 0 Å². The number of carbonyl (C=O) groups excluding carboxylic acids is 1. The van der Waals surface area contributed by atoms with Crippen molar-refractivity contribution in [3.8, 4) is 0 Å². The molecule has 18 heavy (non-hydrogen) atoms. The largest absolute Gasteiger partial charge is 0.326 e. The fourth-order valence-electron chi connectivity index (χ4n) is 2.35. The molecule has 0 fully saturated rings. The first-order valence-electron chi connectivity index (χ1n) is 6.44. The zero-order valence-corrected chi connectivity index (χ0v) is 11.1. The van der Waals surface area contributed by atoms with Crippen LogP contribution in [0.4, 0.5) is 5.69 Å². The highest BCUT2D eigenvalue weighted by Crippen LogP contribution is 2.29. The van der Waals surface area contributed by atoms with Crippen LogP contribution in [-0.2, 0) is 17.6 Å². The van der Waals surface area contributed by atoms with E-state index in [1.165, 1.54) is 5.56 Å². The van der Waals surface area contributed by atoms with E-state index < -0.39 is 0 Å². The van der Waals surface area contributed by atoms with Crippen LogP contribution in [0.2, 0.25) is 0 Å². The Labute approximate surface area is 108 Å². The van der Waals surface area contributed by atoms with Gasteiger partial charge in [0.15, 0.2) is 0 Å². The topological polar surface area (TPSA) is 58.4 Å². The number of hydrogen-bond acceptors (Lipinski definition) is 3. The summed E-state index contributed by atoms with van der Waals surface area (Å²) in [4.78, 5) is 13.8. The van der Waals surface area contributed by atoms with Crippen LogP contribution >= 0.6 is 0 Å². The Morgan fingerprint density at radius 2 is 2.28 bits per heavy atom. The van der Waals surface area contributed by atoms with Crippen LogP contribution in [0.3, 0.4) is 0 Å². The van der Waals surface area contributed by atoms with Crippen molar-refractivity contribution in [1.82, 2.24) is 5.32 Å². The first-order valence-corrected chi connectivity index (χ1v) is 6.44. The van der Waals surface area contributed by atoms with Gasteiger partial charge < -0.3 is 16.0 Å². The summed E-state index contributed by atoms with van der Waals surface area (Å²) in [6, 6.07) is 6.30. The van der Waals surface area contributed by atoms with E-state index in [1.54, 1.807) is 0 Å². The Morgan fingerprint density at radius 3 is 2.94 bits per heavy atom. The van der Waals surface area contributed by atoms with E-state index in [1.807, 2.05) is 24.9 Å². The first kappa shape index (κ1) is 13.1. The molecule has 4 nitrogen and oxygen atoms in total. The molecule has 1 aromatic rings. The zero-order chi connectivity index (χ0) is 13.1. The van der Waals surface area contributed by atoms with Gasteiger partial charge in [-0.15, -0.1) is 0 Å². The normalized spacial score (nSPS) is 15.9. The van der Waals surface area contributed by atoms with E-state index in [-0.39, 0.29) is 11.9 Å². The van der Waals surface area contributed by atoms with E-state index in [0.717, 1.165) is 24.2 Å². The number of carbonyl (C=O) groups is 1. The summed E-state index contributed by atoms with van der Waals surface area (Å²) in [5, 5.41) is 3.13. The molecule has 0 bridgehead atoms. The lowest BCUT2D eigenvalue weighted by Crippen LogP contribution is -2.37. The van der Waals surface area contributed by atoms with Crippen molar-refractivity contribution in [2.24, 2.45) is 5.73 Å². The average Bonchev–Trinajstić information content (AvgIpc) is 2.62. The molecule has 0 saturated heterocycles. The minimum Gasteiger partial charge on any atom is -0.326 e. The lowest BCUT2D eigenvalue weighted by molar-refractivity contribution is -0.117. The second-order valence-corrected chi connectivity index (χ2v) is 4.98. The van der Waals surface area contributed by atoms with E-state index in [0.29, 0.717) is 13.0 Å². The van der Waals surface area contributed by atoms with Gasteiger partial charge in [-0.3, -0.25) is 4.79 Å². The highest BCUT2D eigenvalue weighted by Gasteiger charge is 2.27. The van der Waals surface area contributed by atoms with Crippen molar-refractivity contribution in [3.05, 3.63) is 29.3 Å². The molecule has 1 aliphatic heterocycles. The maximum atomic E-state index is 12.0. The van der Waals surface area contributed by atoms with Gasteiger partial charge in [-0.1, -0.05) is 12.1 Å². The molecule has 1 heterocycles. The van der Waals surface area contributed by atoms with Crippen LogP contribution < -0.4 is 16.0 Å². The quantitative estimate of drug-likeness (QED) is 0.804. The Balaban J connectivity index is 2.18. The standard InChI is InChI=1S/C14H21N3O/c1-10(15)9-17-13-4-3-11(5-6-16-2)7-12(13)8-14(17)18/h3-4,7,10,16H,5-6,8-9,15H2,1-2H3. The van der Waals surface area contributed by atoms with E-state index >= 15 is 0 Å². The monoisotopic (exact) mass is 247 g/mol. The van der Waals surface area contributed by atoms with Crippen LogP contribution in [0, 0.1) is 0 Å². The lowest BCUT2D eigenvalue weighted by Gasteiger charge is -2.19. The van der Waals surface area contributed by atoms with E-state index in [2.05, 4.69) is 17.4 Å². The highest BCUT2D eigenvalue weighted by atomic mass is 16.2. The second-order valence-electron chi connectivity index (χ2n) is 4.98. The molecule has 1 aliphatic rings. The number of anilines is 1. The number of amides is 1. The molecular weight excluding hydrogens is 226 g/mol. The van der Waals surface area contributed by atoms with Crippen LogP contribution in [0.25, 0.3) is 0 Å². The molecule has 98 valence electrons. The Hall–Kier alpha value is -1.39. The first-order chi connectivity index (χ1) is 8.61. The van der Waals surface area contributed by atoms with Crippen molar-refractivity contribution < 1.29 is 4.79 Å². The fourth-order valence-corrected chi connectivity index (χ4v) is 2.35. The summed E-state index contributed by atoms with van der Waals surface area (Å²) < 4.78 is 0. The molecular formula is C14H21N3O. The number of nitrogens with two attached hydrogens (primary N) is 1. The van der Waals surface area contributed by atoms with E-state index in [4.69, 9.17) is 5.73 Å². The summed E-state index contributed by atoms with van der Waals surface area (Å²) in [6.07, 6.45) is 1.50. The third-order valence-electron chi connectivity index (χ3n) is 3.21. The summed E-state index contributed by atoms with van der Waals surface area (Å²) in [7, 11) is 1.95. The number of nitrogens with one attached hydrogen (secondary N) is 1. The van der Waals surface area contributed by atoms with Gasteiger partial charge in [0, 0.05) is 18.3 Å². The molecule has 0 aliphatic carbocycles. The van der Waals surface area contributed by atoms with Gasteiger partial charge in [-0.05, 0) is 44.1 Å². The SMILES string of the molecule is CNCCc1ccc2c(c1)CC(=O)N2CC(C)N. The number of likely N-dealkylation sites (N-methyl/N-ethyl adjacent to an activating group) is 1. The summed E-state index contributed by atoms with van der Waals surface area (Å²) >= 11 is 0. The molecule has 3 N–H and O–H groups in total. The predicted molar refractivity (Wildman–Crippen MR) is 73.8 cm³/mol. The highest BCUT2D eigenvalue weighted by molar-refractivity contribution is 6.01. The molecule has 1 unspecified atom stereocenters. The zero-order valence-electron chi connectivity index (χ0n) is 11.1. The molecule has 4 heteroatoms. The molecule has 0 radical (unpaired) electrons. The fraction of sp³-hybridized carbons (Fsp3) is 0.500. The minimum atomic E-state index is 0.00358. The van der Waals surface area contributed by atoms with Crippen LogP contribution in [-0.4, -0.2) is 32.1 Å². The van der Waals surface area contributed by atoms with Gasteiger partial charge in [-0.25, -0.2) is 0 Å². The van der Waals surface area contributed by atoms with Gasteiger partial charge >= 0.3 is 0 Å². The molecule has 0 aromatic heterocycles. The van der Waals surface area contributed by atoms with E-state index in [9.17, 15) is 4.79 Å². The molecule has 2 rings (SSSR count). The predicted octanol–water partition coefficient (Wildman–Crippen LogP) is 0.685. The Kier molecular flexibility index (Phi) is 3.99. The average molecular weight is 247 g/mol. The van der Waals surface area contributed by atoms with Gasteiger partial charge in [0.2, 0.25) is 5.91 Å². The third-order valence-corrected chi connectivity index (χ3v) is 3.21. The minimum absolute atomic E-state index is 0.00358. The van der Waals surface area contributed by atoms with Gasteiger partial charge in [0.1, 0.15) is 0 Å². The second kappa shape index (κ2) is 5.50. The maximum Gasteiger partial charge on any atom is 0.231 e. The van der Waals surface area contributed by atoms with Crippen LogP contribution in [0.1, 0.15) is 18.1 Å². The molecule has 0 saturated carbocycles. The third kappa shape index (κ3) is 2.71. The molecule has 1 amide bonds. The number of nitrogens with zero attached hydrogens (tertiary/aromatic N) is 1.